The molecule has 11 heteroatoms. The van der Waals surface area contributed by atoms with Gasteiger partial charge in [0.2, 0.25) is 0 Å². The Labute approximate surface area is 124 Å². The third-order valence-electron chi connectivity index (χ3n) is 3.57. The maximum absolute atomic E-state index is 11.0. The summed E-state index contributed by atoms with van der Waals surface area (Å²) in [5.41, 5.74) is 0. The van der Waals surface area contributed by atoms with Gasteiger partial charge in [-0.25, -0.2) is 0 Å². The van der Waals surface area contributed by atoms with Crippen molar-refractivity contribution in [2.45, 2.75) is 30.9 Å². The molecule has 1 saturated carbocycles. The van der Waals surface area contributed by atoms with Crippen LogP contribution in [0.3, 0.4) is 0 Å². The van der Waals surface area contributed by atoms with Gasteiger partial charge in [0.1, 0.15) is 7.85 Å². The number of hydrogen-bond acceptors (Lipinski definition) is 5. The molecule has 0 aromatic carbocycles. The van der Waals surface area contributed by atoms with Gasteiger partial charge in [0, 0.05) is 14.2 Å². The molecule has 0 spiro atoms. The van der Waals surface area contributed by atoms with E-state index < -0.39 is 20.4 Å². The first-order valence-electron chi connectivity index (χ1n) is 6.24. The molecular weight excluding hydrogens is 325 g/mol. The highest BCUT2D eigenvalue weighted by Crippen LogP contribution is 2.51. The Kier molecular flexibility index (Phi) is 6.86. The smallest absolute Gasteiger partial charge is 0.325 e. The van der Waals surface area contributed by atoms with Gasteiger partial charge in [0.25, 0.3) is 0 Å². The second-order valence-corrected chi connectivity index (χ2v) is 9.75. The molecule has 0 amide bonds. The van der Waals surface area contributed by atoms with Crippen LogP contribution in [0.4, 0.5) is 0 Å². The van der Waals surface area contributed by atoms with Gasteiger partial charge in [0.15, 0.2) is 0 Å². The van der Waals surface area contributed by atoms with Gasteiger partial charge >= 0.3 is 14.3 Å². The van der Waals surface area contributed by atoms with Crippen LogP contribution in [0.15, 0.2) is 0 Å². The van der Waals surface area contributed by atoms with Gasteiger partial charge in [-0.1, -0.05) is 0 Å². The normalized spacial score (nSPS) is 34.0. The maximum Gasteiger partial charge on any atom is 0.325 e. The van der Waals surface area contributed by atoms with Crippen LogP contribution in [0.1, 0.15) is 12.8 Å². The van der Waals surface area contributed by atoms with E-state index in [0.29, 0.717) is 6.42 Å². The SMILES string of the molecule is B[C@H]1C[C@H](CCP(=O)(O)O)[C@@H](OP(O)(=S)OC)[C@H]1OC. The molecule has 1 rings (SSSR count). The Morgan fingerprint density at radius 1 is 1.30 bits per heavy atom. The largest absolute Gasteiger partial charge is 0.379 e. The fourth-order valence-corrected chi connectivity index (χ4v) is 4.32. The van der Waals surface area contributed by atoms with Crippen LogP contribution >= 0.6 is 14.3 Å². The number of methoxy groups -OCH3 is 1. The van der Waals surface area contributed by atoms with Crippen molar-refractivity contribution in [1.29, 1.82) is 0 Å². The minimum absolute atomic E-state index is 0.132. The first kappa shape index (κ1) is 18.8. The lowest BCUT2D eigenvalue weighted by molar-refractivity contribution is -0.00164. The van der Waals surface area contributed by atoms with Crippen LogP contribution in [-0.4, -0.2) is 55.1 Å². The second-order valence-electron chi connectivity index (χ2n) is 5.07. The molecular formula is C9H21BO7P2S. The topological polar surface area (TPSA) is 105 Å². The molecule has 20 heavy (non-hydrogen) atoms. The molecule has 0 bridgehead atoms. The highest BCUT2D eigenvalue weighted by Gasteiger charge is 2.44. The highest BCUT2D eigenvalue weighted by molar-refractivity contribution is 8.07. The third-order valence-corrected chi connectivity index (χ3v) is 6.09. The molecule has 0 radical (unpaired) electrons. The molecule has 3 N–H and O–H groups in total. The standard InChI is InChI=1S/C9H21BO7P2S/c1-15-9-7(10)5-6(3-4-18(11,12)13)8(9)17-19(14,20)16-2/h6-9H,3-5,10H2,1-2H3,(H,14,20)(H2,11,12,13)/t6-,7-,8+,9-,19?/m0/s1. The van der Waals surface area contributed by atoms with E-state index in [9.17, 15) is 9.46 Å². The van der Waals surface area contributed by atoms with Crippen LogP contribution in [0, 0.1) is 5.92 Å². The van der Waals surface area contributed by atoms with Crippen molar-refractivity contribution in [3.8, 4) is 0 Å². The molecule has 1 unspecified atom stereocenters. The van der Waals surface area contributed by atoms with Crippen molar-refractivity contribution in [2.24, 2.45) is 5.92 Å². The van der Waals surface area contributed by atoms with E-state index in [4.69, 9.17) is 35.4 Å². The lowest BCUT2D eigenvalue weighted by atomic mass is 9.83. The average molecular weight is 346 g/mol. The molecule has 118 valence electrons. The van der Waals surface area contributed by atoms with E-state index in [-0.39, 0.29) is 30.4 Å². The fraction of sp³-hybridized carbons (Fsp3) is 1.00. The molecule has 1 fully saturated rings. The van der Waals surface area contributed by atoms with Crippen LogP contribution in [0.2, 0.25) is 5.82 Å². The van der Waals surface area contributed by atoms with Crippen molar-refractivity contribution in [3.05, 3.63) is 0 Å². The zero-order valence-corrected chi connectivity index (χ0v) is 14.3. The van der Waals surface area contributed by atoms with E-state index in [1.807, 2.05) is 7.85 Å². The van der Waals surface area contributed by atoms with E-state index >= 15 is 0 Å². The Morgan fingerprint density at radius 2 is 1.90 bits per heavy atom. The quantitative estimate of drug-likeness (QED) is 0.445. The summed E-state index contributed by atoms with van der Waals surface area (Å²) < 4.78 is 26.6. The van der Waals surface area contributed by atoms with Crippen LogP contribution in [0.25, 0.3) is 0 Å². The molecule has 7 nitrogen and oxygen atoms in total. The van der Waals surface area contributed by atoms with Crippen molar-refractivity contribution < 1.29 is 33.0 Å². The van der Waals surface area contributed by atoms with E-state index in [1.54, 1.807) is 0 Å². The van der Waals surface area contributed by atoms with Crippen molar-refractivity contribution >= 4 is 34.0 Å². The first-order valence-corrected chi connectivity index (χ1v) is 10.6. The summed E-state index contributed by atoms with van der Waals surface area (Å²) >= 11 is 4.84. The van der Waals surface area contributed by atoms with Gasteiger partial charge in [0.05, 0.1) is 18.4 Å². The minimum atomic E-state index is -4.06. The molecule has 0 aromatic rings. The second kappa shape index (κ2) is 7.31. The molecule has 0 aliphatic heterocycles. The van der Waals surface area contributed by atoms with Crippen molar-refractivity contribution in [2.75, 3.05) is 20.4 Å². The summed E-state index contributed by atoms with van der Waals surface area (Å²) in [7, 11) is 0.718. The van der Waals surface area contributed by atoms with Crippen LogP contribution in [0.5, 0.6) is 0 Å². The molecule has 0 aromatic heterocycles. The lowest BCUT2D eigenvalue weighted by Gasteiger charge is -2.28. The van der Waals surface area contributed by atoms with Gasteiger partial charge in [-0.2, -0.15) is 0 Å². The average Bonchev–Trinajstić information content (AvgIpc) is 2.61. The summed E-state index contributed by atoms with van der Waals surface area (Å²) in [5, 5.41) is 0. The monoisotopic (exact) mass is 346 g/mol. The summed E-state index contributed by atoms with van der Waals surface area (Å²) in [6.07, 6.45) is -0.0266. The van der Waals surface area contributed by atoms with Gasteiger partial charge in [-0.05, 0) is 36.4 Å². The maximum atomic E-state index is 11.0. The van der Waals surface area contributed by atoms with E-state index in [1.165, 1.54) is 14.2 Å². The van der Waals surface area contributed by atoms with Gasteiger partial charge in [-0.3, -0.25) is 4.57 Å². The minimum Gasteiger partial charge on any atom is -0.379 e. The zero-order chi connectivity index (χ0) is 15.6. The van der Waals surface area contributed by atoms with Gasteiger partial charge < -0.3 is 28.5 Å². The molecule has 0 saturated heterocycles. The zero-order valence-electron chi connectivity index (χ0n) is 11.7. The predicted octanol–water partition coefficient (Wildman–Crippen LogP) is 0.259. The number of hydrogen-bond donors (Lipinski definition) is 3. The fourth-order valence-electron chi connectivity index (χ4n) is 2.66. The Bertz CT molecular complexity index is 417. The Morgan fingerprint density at radius 3 is 2.35 bits per heavy atom. The Hall–Kier alpha value is 0.705. The Balaban J connectivity index is 2.80. The molecule has 1 aliphatic carbocycles. The van der Waals surface area contributed by atoms with Crippen molar-refractivity contribution in [1.82, 2.24) is 0 Å². The lowest BCUT2D eigenvalue weighted by Crippen LogP contribution is -2.31. The first-order chi connectivity index (χ1) is 9.09. The highest BCUT2D eigenvalue weighted by atomic mass is 32.5. The van der Waals surface area contributed by atoms with Crippen LogP contribution < -0.4 is 0 Å². The molecule has 5 atom stereocenters. The van der Waals surface area contributed by atoms with Crippen LogP contribution in [-0.2, 0) is 30.2 Å². The third kappa shape index (κ3) is 5.48. The summed E-state index contributed by atoms with van der Waals surface area (Å²) in [5.74, 6) is 0.0193. The number of rotatable bonds is 7. The molecule has 0 heterocycles. The summed E-state index contributed by atoms with van der Waals surface area (Å²) in [4.78, 5) is 27.8. The predicted molar refractivity (Wildman–Crippen MR) is 81.1 cm³/mol. The van der Waals surface area contributed by atoms with E-state index in [0.717, 1.165) is 0 Å². The summed E-state index contributed by atoms with van der Waals surface area (Å²) in [6, 6.07) is 0. The van der Waals surface area contributed by atoms with E-state index in [2.05, 4.69) is 0 Å². The van der Waals surface area contributed by atoms with Gasteiger partial charge in [-0.15, -0.1) is 0 Å². The van der Waals surface area contributed by atoms with Crippen molar-refractivity contribution in [3.63, 3.8) is 0 Å². The molecule has 1 aliphatic rings. The summed E-state index contributed by atoms with van der Waals surface area (Å²) in [6.45, 7) is -3.34. The number of ether oxygens (including phenoxy) is 1.